The van der Waals surface area contributed by atoms with E-state index in [2.05, 4.69) is 23.2 Å². The maximum Gasteiger partial charge on any atom is 0.323 e. The van der Waals surface area contributed by atoms with Crippen molar-refractivity contribution in [2.45, 2.75) is 71.0 Å². The topological polar surface area (TPSA) is 67.9 Å². The van der Waals surface area contributed by atoms with Crippen molar-refractivity contribution in [3.63, 3.8) is 0 Å². The van der Waals surface area contributed by atoms with Crippen LogP contribution < -0.4 is 10.1 Å². The monoisotopic (exact) mass is 402 g/mol. The van der Waals surface area contributed by atoms with E-state index >= 15 is 0 Å². The molecule has 3 rings (SSSR count). The molecule has 1 aliphatic heterocycles. The van der Waals surface area contributed by atoms with Gasteiger partial charge in [-0.15, -0.1) is 0 Å². The van der Waals surface area contributed by atoms with E-state index in [0.29, 0.717) is 19.5 Å². The number of aryl methyl sites for hydroxylation is 2. The third kappa shape index (κ3) is 5.10. The molecule has 1 saturated heterocycles. The molecule has 6 nitrogen and oxygen atoms in total. The highest BCUT2D eigenvalue weighted by Gasteiger charge is 2.39. The largest absolute Gasteiger partial charge is 0.496 e. The lowest BCUT2D eigenvalue weighted by Gasteiger charge is -2.24. The van der Waals surface area contributed by atoms with Crippen LogP contribution in [0.2, 0.25) is 0 Å². The first-order chi connectivity index (χ1) is 13.9. The van der Waals surface area contributed by atoms with Gasteiger partial charge in [0.25, 0.3) is 0 Å². The van der Waals surface area contributed by atoms with Crippen molar-refractivity contribution in [1.29, 1.82) is 0 Å². The minimum atomic E-state index is -0.335. The standard InChI is InChI=1S/C23H34N2O4/c1-15-11-21(28-3)16(2)10-18(15)13-25-14-19(12-20(25)23(27)29-4)24-22(26)17-8-6-5-7-9-17/h10-11,17,19-20H,5-9,12-14H2,1-4H3,(H,24,26)/t19-,20-/m0/s1. The fraction of sp³-hybridized carbons (Fsp3) is 0.652. The van der Waals surface area contributed by atoms with E-state index in [1.54, 1.807) is 7.11 Å². The Labute approximate surface area is 173 Å². The van der Waals surface area contributed by atoms with Crippen molar-refractivity contribution in [3.05, 3.63) is 28.8 Å². The molecule has 1 aromatic carbocycles. The number of carbonyl (C=O) groups excluding carboxylic acids is 2. The summed E-state index contributed by atoms with van der Waals surface area (Å²) in [6, 6.07) is 3.80. The van der Waals surface area contributed by atoms with Crippen LogP contribution >= 0.6 is 0 Å². The lowest BCUT2D eigenvalue weighted by atomic mass is 9.88. The molecule has 1 aromatic rings. The van der Waals surface area contributed by atoms with Crippen molar-refractivity contribution in [1.82, 2.24) is 10.2 Å². The molecular formula is C23H34N2O4. The van der Waals surface area contributed by atoms with Crippen molar-refractivity contribution in [2.24, 2.45) is 5.92 Å². The van der Waals surface area contributed by atoms with Crippen LogP contribution in [0.4, 0.5) is 0 Å². The van der Waals surface area contributed by atoms with Crippen LogP contribution in [0, 0.1) is 19.8 Å². The number of hydrogen-bond donors (Lipinski definition) is 1. The molecule has 0 unspecified atom stereocenters. The van der Waals surface area contributed by atoms with Crippen molar-refractivity contribution >= 4 is 11.9 Å². The van der Waals surface area contributed by atoms with Crippen LogP contribution in [-0.4, -0.2) is 49.6 Å². The molecule has 1 aliphatic carbocycles. The smallest absolute Gasteiger partial charge is 0.323 e. The third-order valence-electron chi connectivity index (χ3n) is 6.43. The zero-order valence-corrected chi connectivity index (χ0v) is 18.1. The number of hydrogen-bond acceptors (Lipinski definition) is 5. The number of rotatable bonds is 6. The first-order valence-corrected chi connectivity index (χ1v) is 10.7. The van der Waals surface area contributed by atoms with E-state index in [1.165, 1.54) is 13.5 Å². The molecule has 0 radical (unpaired) electrons. The lowest BCUT2D eigenvalue weighted by molar-refractivity contribution is -0.146. The number of methoxy groups -OCH3 is 2. The first kappa shape index (κ1) is 21.6. The number of benzene rings is 1. The lowest BCUT2D eigenvalue weighted by Crippen LogP contribution is -2.41. The van der Waals surface area contributed by atoms with Gasteiger partial charge in [0.05, 0.1) is 14.2 Å². The summed E-state index contributed by atoms with van der Waals surface area (Å²) in [5, 5.41) is 3.21. The molecule has 2 atom stereocenters. The van der Waals surface area contributed by atoms with Gasteiger partial charge in [0.1, 0.15) is 11.8 Å². The average molecular weight is 403 g/mol. The van der Waals surface area contributed by atoms with Crippen molar-refractivity contribution in [2.75, 3.05) is 20.8 Å². The van der Waals surface area contributed by atoms with E-state index in [4.69, 9.17) is 9.47 Å². The molecule has 1 amide bonds. The summed E-state index contributed by atoms with van der Waals surface area (Å²) in [6.07, 6.45) is 6.05. The molecular weight excluding hydrogens is 368 g/mol. The van der Waals surface area contributed by atoms with Gasteiger partial charge in [-0.2, -0.15) is 0 Å². The van der Waals surface area contributed by atoms with Gasteiger partial charge in [-0.25, -0.2) is 0 Å². The maximum atomic E-state index is 12.7. The fourth-order valence-corrected chi connectivity index (χ4v) is 4.71. The molecule has 1 saturated carbocycles. The molecule has 0 spiro atoms. The van der Waals surface area contributed by atoms with E-state index < -0.39 is 0 Å². The summed E-state index contributed by atoms with van der Waals surface area (Å²) in [5.41, 5.74) is 3.37. The van der Waals surface area contributed by atoms with Gasteiger partial charge < -0.3 is 14.8 Å². The van der Waals surface area contributed by atoms with Gasteiger partial charge in [0, 0.05) is 25.0 Å². The number of amides is 1. The number of nitrogens with zero attached hydrogens (tertiary/aromatic N) is 1. The van der Waals surface area contributed by atoms with Crippen LogP contribution in [0.3, 0.4) is 0 Å². The fourth-order valence-electron chi connectivity index (χ4n) is 4.71. The Morgan fingerprint density at radius 3 is 2.48 bits per heavy atom. The van der Waals surface area contributed by atoms with E-state index in [9.17, 15) is 9.59 Å². The van der Waals surface area contributed by atoms with Gasteiger partial charge in [0.15, 0.2) is 0 Å². The molecule has 29 heavy (non-hydrogen) atoms. The van der Waals surface area contributed by atoms with Gasteiger partial charge >= 0.3 is 5.97 Å². The zero-order valence-electron chi connectivity index (χ0n) is 18.1. The Bertz CT molecular complexity index is 743. The second kappa shape index (κ2) is 9.61. The number of esters is 1. The third-order valence-corrected chi connectivity index (χ3v) is 6.43. The van der Waals surface area contributed by atoms with Gasteiger partial charge in [0.2, 0.25) is 5.91 Å². The molecule has 0 bridgehead atoms. The summed E-state index contributed by atoms with van der Waals surface area (Å²) in [7, 11) is 3.10. The molecule has 6 heteroatoms. The quantitative estimate of drug-likeness (QED) is 0.741. The highest BCUT2D eigenvalue weighted by atomic mass is 16.5. The van der Waals surface area contributed by atoms with Gasteiger partial charge in [-0.1, -0.05) is 25.3 Å². The van der Waals surface area contributed by atoms with Crippen LogP contribution in [0.25, 0.3) is 0 Å². The normalized spacial score (nSPS) is 23.0. The SMILES string of the molecule is COC(=O)[C@@H]1C[C@H](NC(=O)C2CCCCC2)CN1Cc1cc(C)c(OC)cc1C. The molecule has 2 fully saturated rings. The number of ether oxygens (including phenoxy) is 2. The Kier molecular flexibility index (Phi) is 7.17. The minimum Gasteiger partial charge on any atom is -0.496 e. The highest BCUT2D eigenvalue weighted by Crippen LogP contribution is 2.28. The minimum absolute atomic E-state index is 0.0202. The number of likely N-dealkylation sites (tertiary alicyclic amines) is 1. The second-order valence-electron chi connectivity index (χ2n) is 8.49. The van der Waals surface area contributed by atoms with Crippen molar-refractivity contribution < 1.29 is 19.1 Å². The maximum absolute atomic E-state index is 12.7. The van der Waals surface area contributed by atoms with E-state index in [-0.39, 0.29) is 29.9 Å². The molecule has 0 aromatic heterocycles. The summed E-state index contributed by atoms with van der Waals surface area (Å²) < 4.78 is 10.5. The average Bonchev–Trinajstić information content (AvgIpc) is 3.12. The summed E-state index contributed by atoms with van der Waals surface area (Å²) in [5.74, 6) is 0.912. The summed E-state index contributed by atoms with van der Waals surface area (Å²) in [6.45, 7) is 5.38. The van der Waals surface area contributed by atoms with Crippen LogP contribution in [-0.2, 0) is 20.9 Å². The van der Waals surface area contributed by atoms with Crippen LogP contribution in [0.5, 0.6) is 5.75 Å². The predicted octanol–water partition coefficient (Wildman–Crippen LogP) is 3.12. The Morgan fingerprint density at radius 2 is 1.83 bits per heavy atom. The Morgan fingerprint density at radius 1 is 1.10 bits per heavy atom. The number of carbonyl (C=O) groups is 2. The predicted molar refractivity (Wildman–Crippen MR) is 112 cm³/mol. The van der Waals surface area contributed by atoms with Gasteiger partial charge in [-0.05, 0) is 55.9 Å². The van der Waals surface area contributed by atoms with Crippen molar-refractivity contribution in [3.8, 4) is 5.75 Å². The molecule has 160 valence electrons. The van der Waals surface area contributed by atoms with E-state index in [0.717, 1.165) is 48.1 Å². The Balaban J connectivity index is 1.70. The summed E-state index contributed by atoms with van der Waals surface area (Å²) in [4.78, 5) is 27.2. The van der Waals surface area contributed by atoms with Crippen LogP contribution in [0.15, 0.2) is 12.1 Å². The highest BCUT2D eigenvalue weighted by molar-refractivity contribution is 5.80. The molecule has 1 heterocycles. The molecule has 2 aliphatic rings. The second-order valence-corrected chi connectivity index (χ2v) is 8.49. The summed E-state index contributed by atoms with van der Waals surface area (Å²) >= 11 is 0. The zero-order chi connectivity index (χ0) is 21.0. The van der Waals surface area contributed by atoms with E-state index in [1.807, 2.05) is 13.0 Å². The first-order valence-electron chi connectivity index (χ1n) is 10.7. The van der Waals surface area contributed by atoms with Gasteiger partial charge in [-0.3, -0.25) is 14.5 Å². The Hall–Kier alpha value is -2.08. The van der Waals surface area contributed by atoms with Crippen LogP contribution in [0.1, 0.15) is 55.2 Å². The number of nitrogens with one attached hydrogen (secondary N) is 1. The molecule has 1 N–H and O–H groups in total.